The first kappa shape index (κ1) is 55.4. The zero-order valence-electron chi connectivity index (χ0n) is 33.6. The Morgan fingerprint density at radius 2 is 1.45 bits per heavy atom. The number of nitrogens with one attached hydrogen (secondary N) is 1. The maximum atomic E-state index is 14.6. The average molecular weight is 757 g/mol. The highest BCUT2D eigenvalue weighted by molar-refractivity contribution is 5.92. The van der Waals surface area contributed by atoms with Crippen LogP contribution >= 0.6 is 0 Å². The first-order valence-electron chi connectivity index (χ1n) is 17.8. The third-order valence-electron chi connectivity index (χ3n) is 6.39. The minimum Gasteiger partial charge on any atom is -0.481 e. The molecule has 2 aromatic carbocycles. The van der Waals surface area contributed by atoms with Crippen molar-refractivity contribution in [3.8, 4) is 11.1 Å². The number of carbonyl (C=O) groups excluding carboxylic acids is 2. The second-order valence-electron chi connectivity index (χ2n) is 11.4. The summed E-state index contributed by atoms with van der Waals surface area (Å²) in [5, 5.41) is 8.88. The number of hydrogen-bond acceptors (Lipinski definition) is 6. The van der Waals surface area contributed by atoms with Crippen molar-refractivity contribution in [2.75, 3.05) is 6.54 Å². The maximum absolute atomic E-state index is 14.6. The predicted molar refractivity (Wildman–Crippen MR) is 209 cm³/mol. The van der Waals surface area contributed by atoms with Gasteiger partial charge >= 0.3 is 5.97 Å². The standard InChI is InChI=1S/C19H19F4NO2.C6H6N2O2.C6H14.C3H9N.C2H4O.2C2H6/c1-9-4-12(20)5-10(2)17(9)11-6-13(15(24)8-16(25)26)18(21)14(7-11)19(3,22)23;7-5(9)4-2-1-3-8-6(4)10;1-4-5-6(2)3;1-2-3-4;1-2-3;2*1-2/h4-7,15H,8,24H2,1-3H3,(H,25,26);1-3H,(H2,7,9)(H,8,10);6H,4-5H2,1-3H3;2-4H2,1H3;2H,1H3;2*1-2H3. The van der Waals surface area contributed by atoms with E-state index in [1.165, 1.54) is 50.2 Å². The summed E-state index contributed by atoms with van der Waals surface area (Å²) in [6, 6.07) is 6.36. The van der Waals surface area contributed by atoms with Gasteiger partial charge in [-0.1, -0.05) is 68.2 Å². The van der Waals surface area contributed by atoms with Crippen molar-refractivity contribution in [3.05, 3.63) is 92.4 Å². The van der Waals surface area contributed by atoms with E-state index in [0.29, 0.717) is 23.6 Å². The summed E-state index contributed by atoms with van der Waals surface area (Å²) in [5.74, 6) is -6.29. The van der Waals surface area contributed by atoms with Gasteiger partial charge in [-0.15, -0.1) is 0 Å². The van der Waals surface area contributed by atoms with Crippen LogP contribution in [0.15, 0.2) is 47.4 Å². The van der Waals surface area contributed by atoms with Gasteiger partial charge in [0.1, 0.15) is 23.5 Å². The molecule has 1 unspecified atom stereocenters. The Hall–Kier alpha value is -4.36. The van der Waals surface area contributed by atoms with Crippen LogP contribution in [0.4, 0.5) is 17.6 Å². The van der Waals surface area contributed by atoms with E-state index in [0.717, 1.165) is 31.2 Å². The number of aromatic nitrogens is 1. The van der Waals surface area contributed by atoms with E-state index in [1.807, 2.05) is 27.7 Å². The largest absolute Gasteiger partial charge is 0.481 e. The number of carbonyl (C=O) groups is 3. The summed E-state index contributed by atoms with van der Waals surface area (Å²) in [5.41, 5.74) is 15.6. The lowest BCUT2D eigenvalue weighted by Crippen LogP contribution is -2.22. The quantitative estimate of drug-likeness (QED) is 0.106. The summed E-state index contributed by atoms with van der Waals surface area (Å²) < 4.78 is 56.0. The molecule has 0 spiro atoms. The average Bonchev–Trinajstić information content (AvgIpc) is 3.07. The number of aldehydes is 1. The van der Waals surface area contributed by atoms with Gasteiger partial charge in [0.2, 0.25) is 0 Å². The number of primary amides is 1. The third kappa shape index (κ3) is 23.7. The molecule has 0 radical (unpaired) electrons. The van der Waals surface area contributed by atoms with Crippen LogP contribution in [0.3, 0.4) is 0 Å². The van der Waals surface area contributed by atoms with Crippen LogP contribution in [0.25, 0.3) is 11.1 Å². The van der Waals surface area contributed by atoms with Crippen molar-refractivity contribution in [2.24, 2.45) is 23.1 Å². The number of carboxylic acids is 1. The molecule has 1 atom stereocenters. The maximum Gasteiger partial charge on any atom is 0.305 e. The van der Waals surface area contributed by atoms with Gasteiger partial charge in [0, 0.05) is 24.7 Å². The van der Waals surface area contributed by atoms with Crippen LogP contribution in [0, 0.1) is 31.4 Å². The molecule has 0 aliphatic heterocycles. The molecule has 8 N–H and O–H groups in total. The molecule has 3 rings (SSSR count). The van der Waals surface area contributed by atoms with Crippen molar-refractivity contribution in [1.82, 2.24) is 4.98 Å². The zero-order chi connectivity index (χ0) is 42.5. The highest BCUT2D eigenvalue weighted by Gasteiger charge is 2.32. The van der Waals surface area contributed by atoms with Gasteiger partial charge < -0.3 is 32.1 Å². The number of rotatable bonds is 9. The molecule has 0 aliphatic rings. The smallest absolute Gasteiger partial charge is 0.305 e. The fourth-order valence-electron chi connectivity index (χ4n) is 4.24. The van der Waals surface area contributed by atoms with Gasteiger partial charge in [0.05, 0.1) is 12.0 Å². The van der Waals surface area contributed by atoms with E-state index in [2.05, 4.69) is 32.7 Å². The number of aryl methyl sites for hydroxylation is 2. The summed E-state index contributed by atoms with van der Waals surface area (Å²) in [4.78, 5) is 43.1. The van der Waals surface area contributed by atoms with E-state index in [1.54, 1.807) is 19.9 Å². The van der Waals surface area contributed by atoms with Gasteiger partial charge in [-0.25, -0.2) is 17.6 Å². The number of benzene rings is 2. The Morgan fingerprint density at radius 3 is 1.75 bits per heavy atom. The Labute approximate surface area is 313 Å². The number of H-pyrrole nitrogens is 1. The summed E-state index contributed by atoms with van der Waals surface area (Å²) in [6.07, 6.45) is 5.38. The lowest BCUT2D eigenvalue weighted by Gasteiger charge is -2.21. The number of carboxylic acid groups (broad SMARTS) is 1. The Morgan fingerprint density at radius 1 is 0.981 bits per heavy atom. The van der Waals surface area contributed by atoms with Gasteiger partial charge in [0.25, 0.3) is 17.4 Å². The van der Waals surface area contributed by atoms with E-state index < -0.39 is 53.0 Å². The van der Waals surface area contributed by atoms with E-state index in [-0.39, 0.29) is 16.7 Å². The van der Waals surface area contributed by atoms with Crippen molar-refractivity contribution < 1.29 is 37.1 Å². The van der Waals surface area contributed by atoms with Crippen LogP contribution < -0.4 is 22.8 Å². The number of pyridine rings is 1. The molecular formula is C40H64F4N4O5. The Bertz CT molecular complexity index is 1500. The lowest BCUT2D eigenvalue weighted by atomic mass is 9.89. The molecule has 1 amide bonds. The topological polar surface area (TPSA) is 182 Å². The van der Waals surface area contributed by atoms with E-state index in [4.69, 9.17) is 27.1 Å². The minimum atomic E-state index is -3.50. The van der Waals surface area contributed by atoms with Crippen LogP contribution in [0.5, 0.6) is 0 Å². The van der Waals surface area contributed by atoms with Gasteiger partial charge in [-0.3, -0.25) is 14.4 Å². The molecule has 9 nitrogen and oxygen atoms in total. The number of alkyl halides is 2. The molecule has 13 heteroatoms. The van der Waals surface area contributed by atoms with Gasteiger partial charge in [-0.2, -0.15) is 0 Å². The van der Waals surface area contributed by atoms with Gasteiger partial charge in [-0.05, 0) is 98.3 Å². The highest BCUT2D eigenvalue weighted by atomic mass is 19.3. The van der Waals surface area contributed by atoms with Gasteiger partial charge in [0.15, 0.2) is 0 Å². The fraction of sp³-hybridized carbons (Fsp3) is 0.500. The number of halogens is 4. The van der Waals surface area contributed by atoms with Crippen LogP contribution in [-0.4, -0.2) is 34.8 Å². The van der Waals surface area contributed by atoms with Crippen molar-refractivity contribution >= 4 is 18.2 Å². The zero-order valence-corrected chi connectivity index (χ0v) is 33.6. The van der Waals surface area contributed by atoms with E-state index in [9.17, 15) is 31.9 Å². The van der Waals surface area contributed by atoms with Crippen molar-refractivity contribution in [2.45, 2.75) is 121 Å². The number of aliphatic carboxylic acids is 1. The Kier molecular flexibility index (Phi) is 32.6. The summed E-state index contributed by atoms with van der Waals surface area (Å²) in [6.45, 7) is 22.8. The first-order valence-corrected chi connectivity index (χ1v) is 17.8. The van der Waals surface area contributed by atoms with Crippen LogP contribution in [-0.2, 0) is 15.5 Å². The van der Waals surface area contributed by atoms with Crippen molar-refractivity contribution in [1.29, 1.82) is 0 Å². The monoisotopic (exact) mass is 756 g/mol. The van der Waals surface area contributed by atoms with E-state index >= 15 is 0 Å². The number of hydrogen-bond donors (Lipinski definition) is 5. The molecule has 0 aliphatic carbocycles. The minimum absolute atomic E-state index is 0.0116. The molecule has 53 heavy (non-hydrogen) atoms. The number of nitrogens with two attached hydrogens (primary N) is 3. The number of aromatic amines is 1. The summed E-state index contributed by atoms with van der Waals surface area (Å²) >= 11 is 0. The second kappa shape index (κ2) is 31.2. The molecule has 1 aromatic heterocycles. The normalized spacial score (nSPS) is 10.2. The molecule has 1 heterocycles. The molecule has 0 bridgehead atoms. The predicted octanol–water partition coefficient (Wildman–Crippen LogP) is 9.36. The van der Waals surface area contributed by atoms with Crippen LogP contribution in [0.2, 0.25) is 0 Å². The lowest BCUT2D eigenvalue weighted by molar-refractivity contribution is -0.137. The van der Waals surface area contributed by atoms with Crippen LogP contribution in [0.1, 0.15) is 134 Å². The molecular weight excluding hydrogens is 692 g/mol. The highest BCUT2D eigenvalue weighted by Crippen LogP contribution is 2.38. The molecule has 0 fully saturated rings. The fourth-order valence-corrected chi connectivity index (χ4v) is 4.24. The third-order valence-corrected chi connectivity index (χ3v) is 6.39. The SMILES string of the molecule is CC.CC.CC=O.CCCC(C)C.CCCN.Cc1cc(F)cc(C)c1-c1cc(C(N)CC(=O)O)c(F)c(C(C)(F)F)c1.NC(=O)c1ccc[nH]c1=O. The first-order chi connectivity index (χ1) is 24.7. The molecule has 0 saturated heterocycles. The summed E-state index contributed by atoms with van der Waals surface area (Å²) in [7, 11) is 0. The molecule has 0 saturated carbocycles. The molecule has 3 aromatic rings. The Balaban J connectivity index is -0.000000362. The van der Waals surface area contributed by atoms with Crippen molar-refractivity contribution in [3.63, 3.8) is 0 Å². The molecule has 302 valence electrons. The number of amides is 1. The second-order valence-corrected chi connectivity index (χ2v) is 11.4.